The third-order valence-corrected chi connectivity index (χ3v) is 7.40. The van der Waals surface area contributed by atoms with E-state index < -0.39 is 0 Å². The number of piperidine rings is 3. The van der Waals surface area contributed by atoms with Crippen LogP contribution >= 0.6 is 11.3 Å². The Hall–Kier alpha value is -1.67. The number of hydrogen-bond acceptors (Lipinski definition) is 6. The second kappa shape index (κ2) is 9.43. The molecule has 29 heavy (non-hydrogen) atoms. The Labute approximate surface area is 177 Å². The first-order valence-corrected chi connectivity index (χ1v) is 11.8. The molecule has 0 atom stereocenters. The van der Waals surface area contributed by atoms with Crippen molar-refractivity contribution in [1.29, 1.82) is 0 Å². The maximum Gasteiger partial charge on any atom is 0.273 e. The van der Waals surface area contributed by atoms with Gasteiger partial charge in [-0.2, -0.15) is 0 Å². The van der Waals surface area contributed by atoms with Crippen LogP contribution in [0.4, 0.5) is 0 Å². The van der Waals surface area contributed by atoms with Crippen molar-refractivity contribution in [1.82, 2.24) is 19.7 Å². The van der Waals surface area contributed by atoms with Crippen molar-refractivity contribution in [3.05, 3.63) is 11.6 Å². The predicted molar refractivity (Wildman–Crippen MR) is 112 cm³/mol. The van der Waals surface area contributed by atoms with E-state index in [1.54, 1.807) is 24.5 Å². The van der Waals surface area contributed by atoms with Gasteiger partial charge in [0.1, 0.15) is 6.10 Å². The first kappa shape index (κ1) is 20.6. The molecule has 0 spiro atoms. The van der Waals surface area contributed by atoms with Crippen molar-refractivity contribution in [3.63, 3.8) is 0 Å². The van der Waals surface area contributed by atoms with E-state index in [-0.39, 0.29) is 17.9 Å². The van der Waals surface area contributed by atoms with E-state index in [0.717, 1.165) is 83.0 Å². The summed E-state index contributed by atoms with van der Waals surface area (Å²) in [7, 11) is 0. The molecule has 0 radical (unpaired) electrons. The van der Waals surface area contributed by atoms with E-state index in [4.69, 9.17) is 4.74 Å². The maximum absolute atomic E-state index is 12.9. The van der Waals surface area contributed by atoms with E-state index in [0.29, 0.717) is 11.9 Å². The van der Waals surface area contributed by atoms with E-state index in [2.05, 4.69) is 14.8 Å². The highest BCUT2D eigenvalue weighted by Gasteiger charge is 2.34. The van der Waals surface area contributed by atoms with Gasteiger partial charge in [-0.1, -0.05) is 11.3 Å². The fraction of sp³-hybridized carbons (Fsp3) is 0.762. The number of thiazole rings is 1. The van der Waals surface area contributed by atoms with Gasteiger partial charge in [-0.3, -0.25) is 14.5 Å². The average Bonchev–Trinajstić information content (AvgIpc) is 3.27. The van der Waals surface area contributed by atoms with Gasteiger partial charge in [0, 0.05) is 69.7 Å². The summed E-state index contributed by atoms with van der Waals surface area (Å²) >= 11 is 1.56. The number of hydrogen-bond donors (Lipinski definition) is 0. The molecule has 0 saturated carbocycles. The Morgan fingerprint density at radius 1 is 0.966 bits per heavy atom. The largest absolute Gasteiger partial charge is 0.467 e. The van der Waals surface area contributed by atoms with Crippen molar-refractivity contribution in [2.24, 2.45) is 5.92 Å². The third kappa shape index (κ3) is 5.09. The van der Waals surface area contributed by atoms with Crippen LogP contribution in [0.3, 0.4) is 0 Å². The lowest BCUT2D eigenvalue weighted by atomic mass is 9.93. The van der Waals surface area contributed by atoms with Gasteiger partial charge in [0.2, 0.25) is 11.8 Å². The zero-order valence-electron chi connectivity index (χ0n) is 17.3. The molecule has 0 aromatic carbocycles. The molecule has 3 saturated heterocycles. The molecule has 0 aliphatic carbocycles. The smallest absolute Gasteiger partial charge is 0.273 e. The molecule has 7 nitrogen and oxygen atoms in total. The van der Waals surface area contributed by atoms with Crippen LogP contribution in [0.15, 0.2) is 11.6 Å². The Bertz CT molecular complexity index is 674. The minimum Gasteiger partial charge on any atom is -0.467 e. The number of ether oxygens (including phenoxy) is 1. The zero-order valence-corrected chi connectivity index (χ0v) is 18.1. The molecular formula is C21H32N4O3S. The maximum atomic E-state index is 12.9. The van der Waals surface area contributed by atoms with Gasteiger partial charge < -0.3 is 14.5 Å². The molecule has 3 aliphatic rings. The minimum atomic E-state index is 0.0981. The fourth-order valence-corrected chi connectivity index (χ4v) is 5.47. The van der Waals surface area contributed by atoms with Gasteiger partial charge in [-0.15, -0.1) is 0 Å². The summed E-state index contributed by atoms with van der Waals surface area (Å²) in [5.41, 5.74) is 0. The summed E-state index contributed by atoms with van der Waals surface area (Å²) < 4.78 is 5.97. The van der Waals surface area contributed by atoms with Crippen LogP contribution in [0.1, 0.15) is 45.4 Å². The third-order valence-electron chi connectivity index (χ3n) is 6.74. The van der Waals surface area contributed by atoms with Gasteiger partial charge in [0.25, 0.3) is 5.19 Å². The Morgan fingerprint density at radius 2 is 1.62 bits per heavy atom. The molecule has 3 aliphatic heterocycles. The van der Waals surface area contributed by atoms with Crippen LogP contribution in [-0.2, 0) is 9.59 Å². The van der Waals surface area contributed by atoms with Crippen LogP contribution in [0.25, 0.3) is 0 Å². The first-order valence-electron chi connectivity index (χ1n) is 10.9. The molecule has 3 fully saturated rings. The Balaban J connectivity index is 1.18. The Kier molecular flexibility index (Phi) is 6.70. The van der Waals surface area contributed by atoms with Crippen molar-refractivity contribution >= 4 is 23.2 Å². The number of nitrogens with zero attached hydrogens (tertiary/aromatic N) is 4. The number of likely N-dealkylation sites (tertiary alicyclic amines) is 3. The quantitative estimate of drug-likeness (QED) is 0.747. The van der Waals surface area contributed by atoms with Crippen LogP contribution in [0.2, 0.25) is 0 Å². The average molecular weight is 421 g/mol. The topological polar surface area (TPSA) is 66.0 Å². The number of amides is 2. The highest BCUT2D eigenvalue weighted by atomic mass is 32.1. The van der Waals surface area contributed by atoms with E-state index in [1.165, 1.54) is 0 Å². The van der Waals surface area contributed by atoms with Crippen molar-refractivity contribution in [2.75, 3.05) is 39.3 Å². The predicted octanol–water partition coefficient (Wildman–Crippen LogP) is 2.24. The van der Waals surface area contributed by atoms with Gasteiger partial charge in [0.15, 0.2) is 0 Å². The normalized spacial score (nSPS) is 23.3. The highest BCUT2D eigenvalue weighted by molar-refractivity contribution is 7.11. The van der Waals surface area contributed by atoms with Gasteiger partial charge in [-0.25, -0.2) is 4.98 Å². The lowest BCUT2D eigenvalue weighted by Gasteiger charge is -2.42. The molecule has 2 amide bonds. The van der Waals surface area contributed by atoms with Crippen molar-refractivity contribution < 1.29 is 14.3 Å². The fourth-order valence-electron chi connectivity index (χ4n) is 4.92. The highest BCUT2D eigenvalue weighted by Crippen LogP contribution is 2.26. The number of rotatable bonds is 4. The SMILES string of the molecule is CC(=O)N1CCC(C(=O)N2CCC(N3CCC(Oc4nccs4)CC3)CC2)CC1. The summed E-state index contributed by atoms with van der Waals surface area (Å²) in [6, 6.07) is 0.583. The number of carbonyl (C=O) groups is 2. The van der Waals surface area contributed by atoms with Crippen molar-refractivity contribution in [2.45, 2.75) is 57.6 Å². The molecule has 4 heterocycles. The van der Waals surface area contributed by atoms with Gasteiger partial charge >= 0.3 is 0 Å². The molecule has 0 unspecified atom stereocenters. The summed E-state index contributed by atoms with van der Waals surface area (Å²) in [4.78, 5) is 35.1. The molecule has 8 heteroatoms. The molecule has 0 bridgehead atoms. The zero-order chi connectivity index (χ0) is 20.2. The summed E-state index contributed by atoms with van der Waals surface area (Å²) in [5.74, 6) is 0.528. The van der Waals surface area contributed by atoms with Crippen LogP contribution in [-0.4, -0.2) is 82.9 Å². The summed E-state index contributed by atoms with van der Waals surface area (Å²) in [6.07, 6.45) is 7.92. The van der Waals surface area contributed by atoms with Crippen LogP contribution in [0.5, 0.6) is 5.19 Å². The van der Waals surface area contributed by atoms with Crippen LogP contribution < -0.4 is 4.74 Å². The minimum absolute atomic E-state index is 0.0981. The molecule has 160 valence electrons. The molecular weight excluding hydrogens is 388 g/mol. The lowest BCUT2D eigenvalue weighted by Crippen LogP contribution is -2.51. The molecule has 1 aromatic rings. The number of carbonyl (C=O) groups excluding carboxylic acids is 2. The second-order valence-electron chi connectivity index (χ2n) is 8.49. The van der Waals surface area contributed by atoms with E-state index >= 15 is 0 Å². The summed E-state index contributed by atoms with van der Waals surface area (Å²) in [6.45, 7) is 6.93. The van der Waals surface area contributed by atoms with Gasteiger partial charge in [0.05, 0.1) is 0 Å². The van der Waals surface area contributed by atoms with E-state index in [9.17, 15) is 9.59 Å². The molecule has 4 rings (SSSR count). The standard InChI is InChI=1S/C21H32N4O3S/c1-16(26)23-9-2-17(3-10-23)20(27)25-11-4-18(5-12-25)24-13-6-19(7-14-24)28-21-22-8-15-29-21/h8,15,17-19H,2-7,9-14H2,1H3. The monoisotopic (exact) mass is 420 g/mol. The molecule has 0 N–H and O–H groups in total. The van der Waals surface area contributed by atoms with E-state index in [1.807, 2.05) is 10.3 Å². The number of aromatic nitrogens is 1. The summed E-state index contributed by atoms with van der Waals surface area (Å²) in [5, 5.41) is 2.73. The molecule has 1 aromatic heterocycles. The van der Waals surface area contributed by atoms with Crippen LogP contribution in [0, 0.1) is 5.92 Å². The Morgan fingerprint density at radius 3 is 2.21 bits per heavy atom. The van der Waals surface area contributed by atoms with Gasteiger partial charge in [-0.05, 0) is 38.5 Å². The van der Waals surface area contributed by atoms with Crippen molar-refractivity contribution in [3.8, 4) is 5.19 Å². The first-order chi connectivity index (χ1) is 14.1. The lowest BCUT2D eigenvalue weighted by molar-refractivity contribution is -0.141. The second-order valence-corrected chi connectivity index (χ2v) is 9.35.